The van der Waals surface area contributed by atoms with E-state index in [0.717, 1.165) is 25.0 Å². The summed E-state index contributed by atoms with van der Waals surface area (Å²) in [5.41, 5.74) is 1.54. The van der Waals surface area contributed by atoms with Gasteiger partial charge in [-0.1, -0.05) is 93.6 Å². The standard InChI is InChI=1S/C33H39F3N2/c1-6-31(21-22-32(23-37,24(2)3)29-17-19-30(20-18-29)33(34,35)36)38(25(4)27-13-9-7-10-14-27)26(5)28-15-11-8-12-16-28/h7-20,24-26,31H,6,21-22H2,1-5H3. The molecule has 0 aromatic heterocycles. The van der Waals surface area contributed by atoms with Crippen LogP contribution in [0.3, 0.4) is 0 Å². The Labute approximate surface area is 226 Å². The largest absolute Gasteiger partial charge is 0.416 e. The van der Waals surface area contributed by atoms with Crippen molar-refractivity contribution in [2.45, 2.75) is 83.6 Å². The molecule has 0 N–H and O–H groups in total. The highest BCUT2D eigenvalue weighted by molar-refractivity contribution is 5.36. The second-order valence-electron chi connectivity index (χ2n) is 10.5. The van der Waals surface area contributed by atoms with Crippen LogP contribution >= 0.6 is 0 Å². The molecule has 0 spiro atoms. The van der Waals surface area contributed by atoms with Gasteiger partial charge in [0.2, 0.25) is 0 Å². The number of nitriles is 1. The summed E-state index contributed by atoms with van der Waals surface area (Å²) in [5.74, 6) is -0.0618. The minimum absolute atomic E-state index is 0.0618. The quantitative estimate of drug-likeness (QED) is 0.252. The summed E-state index contributed by atoms with van der Waals surface area (Å²) in [6.07, 6.45) is -2.20. The van der Waals surface area contributed by atoms with Crippen molar-refractivity contribution in [3.63, 3.8) is 0 Å². The van der Waals surface area contributed by atoms with Crippen LogP contribution in [0.4, 0.5) is 13.2 Å². The van der Waals surface area contributed by atoms with E-state index < -0.39 is 17.2 Å². The van der Waals surface area contributed by atoms with Gasteiger partial charge < -0.3 is 0 Å². The summed E-state index contributed by atoms with van der Waals surface area (Å²) >= 11 is 0. The molecule has 0 amide bonds. The monoisotopic (exact) mass is 520 g/mol. The number of hydrogen-bond donors (Lipinski definition) is 0. The van der Waals surface area contributed by atoms with Crippen LogP contribution < -0.4 is 0 Å². The van der Waals surface area contributed by atoms with E-state index in [1.165, 1.54) is 23.3 Å². The molecule has 38 heavy (non-hydrogen) atoms. The zero-order valence-corrected chi connectivity index (χ0v) is 23.0. The molecule has 5 heteroatoms. The van der Waals surface area contributed by atoms with Gasteiger partial charge in [0.1, 0.15) is 0 Å². The lowest BCUT2D eigenvalue weighted by Gasteiger charge is -2.43. The maximum absolute atomic E-state index is 13.2. The van der Waals surface area contributed by atoms with Crippen LogP contribution in [-0.2, 0) is 11.6 Å². The van der Waals surface area contributed by atoms with Crippen molar-refractivity contribution in [1.29, 1.82) is 5.26 Å². The molecular formula is C33H39F3N2. The molecule has 0 aliphatic carbocycles. The fourth-order valence-electron chi connectivity index (χ4n) is 5.71. The summed E-state index contributed by atoms with van der Waals surface area (Å²) in [7, 11) is 0. The molecule has 0 aliphatic heterocycles. The minimum Gasteiger partial charge on any atom is -0.287 e. The zero-order chi connectivity index (χ0) is 27.9. The topological polar surface area (TPSA) is 27.0 Å². The van der Waals surface area contributed by atoms with Gasteiger partial charge in [0.05, 0.1) is 17.0 Å². The second kappa shape index (κ2) is 12.6. The van der Waals surface area contributed by atoms with E-state index >= 15 is 0 Å². The molecule has 4 unspecified atom stereocenters. The Morgan fingerprint density at radius 3 is 1.55 bits per heavy atom. The zero-order valence-electron chi connectivity index (χ0n) is 23.0. The van der Waals surface area contributed by atoms with E-state index in [4.69, 9.17) is 0 Å². The third-order valence-electron chi connectivity index (χ3n) is 8.14. The molecule has 0 saturated heterocycles. The molecule has 202 valence electrons. The van der Waals surface area contributed by atoms with Gasteiger partial charge in [-0.3, -0.25) is 4.90 Å². The Bertz CT molecular complexity index is 1120. The van der Waals surface area contributed by atoms with E-state index in [-0.39, 0.29) is 24.0 Å². The predicted octanol–water partition coefficient (Wildman–Crippen LogP) is 9.51. The van der Waals surface area contributed by atoms with Crippen molar-refractivity contribution >= 4 is 0 Å². The van der Waals surface area contributed by atoms with Gasteiger partial charge in [-0.15, -0.1) is 0 Å². The third kappa shape index (κ3) is 6.48. The van der Waals surface area contributed by atoms with Gasteiger partial charge >= 0.3 is 6.18 Å². The summed E-state index contributed by atoms with van der Waals surface area (Å²) in [6, 6.07) is 29.0. The maximum Gasteiger partial charge on any atom is 0.416 e. The predicted molar refractivity (Wildman–Crippen MR) is 148 cm³/mol. The Kier molecular flexibility index (Phi) is 9.79. The fourth-order valence-corrected chi connectivity index (χ4v) is 5.71. The van der Waals surface area contributed by atoms with E-state index in [2.05, 4.69) is 80.3 Å². The summed E-state index contributed by atoms with van der Waals surface area (Å²) in [4.78, 5) is 2.54. The van der Waals surface area contributed by atoms with Crippen LogP contribution in [0.5, 0.6) is 0 Å². The molecule has 0 aliphatic rings. The molecule has 0 saturated carbocycles. The van der Waals surface area contributed by atoms with Crippen molar-refractivity contribution in [2.24, 2.45) is 5.92 Å². The minimum atomic E-state index is -4.40. The Balaban J connectivity index is 1.96. The normalized spacial score (nSPS) is 16.0. The van der Waals surface area contributed by atoms with Crippen LogP contribution in [0.25, 0.3) is 0 Å². The molecule has 0 heterocycles. The number of alkyl halides is 3. The number of rotatable bonds is 11. The Hall–Kier alpha value is -3.10. The lowest BCUT2D eigenvalue weighted by molar-refractivity contribution is -0.137. The van der Waals surface area contributed by atoms with Crippen molar-refractivity contribution in [1.82, 2.24) is 4.90 Å². The first-order valence-corrected chi connectivity index (χ1v) is 13.5. The third-order valence-corrected chi connectivity index (χ3v) is 8.14. The number of hydrogen-bond acceptors (Lipinski definition) is 2. The molecule has 3 rings (SSSR count). The van der Waals surface area contributed by atoms with E-state index in [1.807, 2.05) is 26.0 Å². The van der Waals surface area contributed by atoms with Crippen LogP contribution in [-0.4, -0.2) is 10.9 Å². The highest BCUT2D eigenvalue weighted by Gasteiger charge is 2.39. The van der Waals surface area contributed by atoms with Gasteiger partial charge in [-0.25, -0.2) is 0 Å². The van der Waals surface area contributed by atoms with Crippen LogP contribution in [0.15, 0.2) is 84.9 Å². The number of benzene rings is 3. The van der Waals surface area contributed by atoms with Crippen molar-refractivity contribution in [3.8, 4) is 6.07 Å². The Morgan fingerprint density at radius 2 is 1.18 bits per heavy atom. The molecule has 2 nitrogen and oxygen atoms in total. The van der Waals surface area contributed by atoms with E-state index in [0.29, 0.717) is 12.0 Å². The van der Waals surface area contributed by atoms with Crippen LogP contribution in [0, 0.1) is 17.2 Å². The molecule has 0 fully saturated rings. The van der Waals surface area contributed by atoms with Gasteiger partial charge in [0.25, 0.3) is 0 Å². The maximum atomic E-state index is 13.2. The first-order valence-electron chi connectivity index (χ1n) is 13.5. The highest BCUT2D eigenvalue weighted by atomic mass is 19.4. The second-order valence-corrected chi connectivity index (χ2v) is 10.5. The number of nitrogens with zero attached hydrogens (tertiary/aromatic N) is 2. The smallest absolute Gasteiger partial charge is 0.287 e. The first kappa shape index (κ1) is 29.5. The lowest BCUT2D eigenvalue weighted by atomic mass is 9.69. The summed E-state index contributed by atoms with van der Waals surface area (Å²) in [5, 5.41) is 10.4. The lowest BCUT2D eigenvalue weighted by Crippen LogP contribution is -2.41. The van der Waals surface area contributed by atoms with Gasteiger partial charge in [-0.05, 0) is 67.9 Å². The van der Waals surface area contributed by atoms with Gasteiger partial charge in [-0.2, -0.15) is 18.4 Å². The SMILES string of the molecule is CCC(CCC(C#N)(c1ccc(C(F)(F)F)cc1)C(C)C)N(C(C)c1ccccc1)C(C)c1ccccc1. The number of halogens is 3. The van der Waals surface area contributed by atoms with Crippen molar-refractivity contribution < 1.29 is 13.2 Å². The van der Waals surface area contributed by atoms with Crippen LogP contribution in [0.2, 0.25) is 0 Å². The average molecular weight is 521 g/mol. The van der Waals surface area contributed by atoms with Gasteiger partial charge in [0.15, 0.2) is 0 Å². The summed E-state index contributed by atoms with van der Waals surface area (Å²) < 4.78 is 39.6. The molecular weight excluding hydrogens is 481 g/mol. The first-order chi connectivity index (χ1) is 18.0. The summed E-state index contributed by atoms with van der Waals surface area (Å²) in [6.45, 7) is 10.6. The fraction of sp³-hybridized carbons (Fsp3) is 0.424. The van der Waals surface area contributed by atoms with E-state index in [1.54, 1.807) is 0 Å². The molecule has 3 aromatic rings. The van der Waals surface area contributed by atoms with Crippen molar-refractivity contribution in [2.75, 3.05) is 0 Å². The van der Waals surface area contributed by atoms with Crippen molar-refractivity contribution in [3.05, 3.63) is 107 Å². The molecule has 0 radical (unpaired) electrons. The van der Waals surface area contributed by atoms with E-state index in [9.17, 15) is 18.4 Å². The highest BCUT2D eigenvalue weighted by Crippen LogP contribution is 2.41. The Morgan fingerprint density at radius 1 is 0.737 bits per heavy atom. The van der Waals surface area contributed by atoms with Gasteiger partial charge in [0, 0.05) is 18.1 Å². The average Bonchev–Trinajstić information content (AvgIpc) is 2.93. The molecule has 0 bridgehead atoms. The molecule has 4 atom stereocenters. The van der Waals surface area contributed by atoms with Crippen LogP contribution in [0.1, 0.15) is 88.2 Å². The molecule has 3 aromatic carbocycles.